The van der Waals surface area contributed by atoms with Crippen molar-refractivity contribution in [3.05, 3.63) is 35.1 Å². The molecule has 0 aliphatic heterocycles. The molecule has 102 valence electrons. The van der Waals surface area contributed by atoms with Crippen molar-refractivity contribution < 1.29 is 22.4 Å². The van der Waals surface area contributed by atoms with Gasteiger partial charge in [0.25, 0.3) is 0 Å². The number of rotatable bonds is 5. The number of hydrogen-bond acceptors (Lipinski definition) is 2. The third kappa shape index (κ3) is 4.62. The van der Waals surface area contributed by atoms with Crippen molar-refractivity contribution in [2.75, 3.05) is 6.61 Å². The molecule has 0 atom stereocenters. The topological polar surface area (TPSA) is 21.3 Å². The lowest BCUT2D eigenvalue weighted by molar-refractivity contribution is -0.140. The molecule has 1 aromatic carbocycles. The van der Waals surface area contributed by atoms with Gasteiger partial charge < -0.3 is 4.84 Å². The van der Waals surface area contributed by atoms with Crippen LogP contribution in [0, 0.1) is 11.7 Å². The number of alkyl halides is 3. The molecule has 0 spiro atoms. The van der Waals surface area contributed by atoms with Gasteiger partial charge in [-0.05, 0) is 23.6 Å². The lowest BCUT2D eigenvalue weighted by Crippen LogP contribution is -2.18. The maximum absolute atomic E-state index is 13.0. The van der Waals surface area contributed by atoms with E-state index >= 15 is 0 Å². The van der Waals surface area contributed by atoms with Crippen molar-refractivity contribution in [1.29, 1.82) is 0 Å². The van der Waals surface area contributed by atoms with Crippen LogP contribution in [0.3, 0.4) is 0 Å². The van der Waals surface area contributed by atoms with E-state index < -0.39 is 17.6 Å². The van der Waals surface area contributed by atoms with Crippen LogP contribution in [0.2, 0.25) is 0 Å². The molecule has 0 unspecified atom stereocenters. The summed E-state index contributed by atoms with van der Waals surface area (Å²) in [5, 5.41) is 0. The van der Waals surface area contributed by atoms with Crippen molar-refractivity contribution in [2.45, 2.75) is 26.6 Å². The van der Waals surface area contributed by atoms with Gasteiger partial charge in [-0.3, -0.25) is 0 Å². The standard InChI is InChI=1S/C12H15F4NO/c1-8(2)7-18-17-6-9-3-4-11(13)10(5-9)12(14,15)16/h3-5,8,17H,6-7H2,1-2H3. The Morgan fingerprint density at radius 2 is 1.94 bits per heavy atom. The Hall–Kier alpha value is -1.14. The van der Waals surface area contributed by atoms with E-state index in [-0.39, 0.29) is 6.54 Å². The van der Waals surface area contributed by atoms with Crippen molar-refractivity contribution >= 4 is 0 Å². The molecule has 1 N–H and O–H groups in total. The van der Waals surface area contributed by atoms with Gasteiger partial charge in [0.2, 0.25) is 0 Å². The molecule has 0 aromatic heterocycles. The highest BCUT2D eigenvalue weighted by Gasteiger charge is 2.34. The maximum Gasteiger partial charge on any atom is 0.419 e. The second-order valence-corrected chi connectivity index (χ2v) is 4.34. The minimum Gasteiger partial charge on any atom is -0.301 e. The van der Waals surface area contributed by atoms with Gasteiger partial charge in [0.1, 0.15) is 5.82 Å². The largest absolute Gasteiger partial charge is 0.419 e. The molecule has 18 heavy (non-hydrogen) atoms. The average Bonchev–Trinajstić information content (AvgIpc) is 2.24. The predicted molar refractivity (Wildman–Crippen MR) is 59.0 cm³/mol. The lowest BCUT2D eigenvalue weighted by Gasteiger charge is -2.11. The van der Waals surface area contributed by atoms with E-state index in [2.05, 4.69) is 5.48 Å². The summed E-state index contributed by atoms with van der Waals surface area (Å²) in [6.07, 6.45) is -4.68. The molecule has 0 bridgehead atoms. The van der Waals surface area contributed by atoms with Gasteiger partial charge in [0.05, 0.1) is 12.2 Å². The average molecular weight is 265 g/mol. The third-order valence-electron chi connectivity index (χ3n) is 2.13. The van der Waals surface area contributed by atoms with Gasteiger partial charge in [-0.25, -0.2) is 4.39 Å². The van der Waals surface area contributed by atoms with E-state index in [1.54, 1.807) is 0 Å². The quantitative estimate of drug-likeness (QED) is 0.499. The van der Waals surface area contributed by atoms with E-state index in [1.165, 1.54) is 6.07 Å². The lowest BCUT2D eigenvalue weighted by atomic mass is 10.1. The first kappa shape index (κ1) is 14.9. The molecular formula is C12H15F4NO. The molecule has 0 radical (unpaired) electrons. The van der Waals surface area contributed by atoms with Gasteiger partial charge in [-0.2, -0.15) is 18.7 Å². The summed E-state index contributed by atoms with van der Waals surface area (Å²) in [6, 6.07) is 2.87. The zero-order chi connectivity index (χ0) is 13.8. The molecule has 0 saturated carbocycles. The number of benzene rings is 1. The minimum atomic E-state index is -4.68. The summed E-state index contributed by atoms with van der Waals surface area (Å²) in [6.45, 7) is 4.44. The predicted octanol–water partition coefficient (Wildman–Crippen LogP) is 3.52. The fourth-order valence-electron chi connectivity index (χ4n) is 1.26. The fraction of sp³-hybridized carbons (Fsp3) is 0.500. The van der Waals surface area contributed by atoms with Crippen LogP contribution in [-0.4, -0.2) is 6.61 Å². The van der Waals surface area contributed by atoms with Crippen LogP contribution in [0.5, 0.6) is 0 Å². The van der Waals surface area contributed by atoms with Crippen LogP contribution < -0.4 is 5.48 Å². The summed E-state index contributed by atoms with van der Waals surface area (Å²) in [4.78, 5) is 5.03. The first-order valence-electron chi connectivity index (χ1n) is 5.51. The Kier molecular flexibility index (Phi) is 5.10. The van der Waals surface area contributed by atoms with Gasteiger partial charge in [-0.1, -0.05) is 19.9 Å². The second-order valence-electron chi connectivity index (χ2n) is 4.34. The summed E-state index contributed by atoms with van der Waals surface area (Å²) in [7, 11) is 0. The van der Waals surface area contributed by atoms with Crippen molar-refractivity contribution in [3.63, 3.8) is 0 Å². The molecule has 0 amide bonds. The molecular weight excluding hydrogens is 250 g/mol. The smallest absolute Gasteiger partial charge is 0.301 e. The summed E-state index contributed by atoms with van der Waals surface area (Å²) in [5.41, 5.74) is 1.60. The van der Waals surface area contributed by atoms with Gasteiger partial charge in [-0.15, -0.1) is 0 Å². The van der Waals surface area contributed by atoms with E-state index in [0.717, 1.165) is 12.1 Å². The highest BCUT2D eigenvalue weighted by Crippen LogP contribution is 2.31. The molecule has 0 saturated heterocycles. The Morgan fingerprint density at radius 3 is 2.50 bits per heavy atom. The van der Waals surface area contributed by atoms with Crippen molar-refractivity contribution in [2.24, 2.45) is 5.92 Å². The van der Waals surface area contributed by atoms with Gasteiger partial charge in [0.15, 0.2) is 0 Å². The molecule has 1 aromatic rings. The minimum absolute atomic E-state index is 0.0933. The van der Waals surface area contributed by atoms with E-state index in [1.807, 2.05) is 13.8 Å². The van der Waals surface area contributed by atoms with Crippen LogP contribution in [-0.2, 0) is 17.6 Å². The summed E-state index contributed by atoms with van der Waals surface area (Å²) >= 11 is 0. The van der Waals surface area contributed by atoms with E-state index in [4.69, 9.17) is 4.84 Å². The van der Waals surface area contributed by atoms with Crippen LogP contribution >= 0.6 is 0 Å². The van der Waals surface area contributed by atoms with Gasteiger partial charge in [0, 0.05) is 6.54 Å². The fourth-order valence-corrected chi connectivity index (χ4v) is 1.26. The van der Waals surface area contributed by atoms with Crippen molar-refractivity contribution in [1.82, 2.24) is 5.48 Å². The van der Waals surface area contributed by atoms with Crippen LogP contribution in [0.15, 0.2) is 18.2 Å². The summed E-state index contributed by atoms with van der Waals surface area (Å²) < 4.78 is 50.3. The number of hydrogen-bond donors (Lipinski definition) is 1. The highest BCUT2D eigenvalue weighted by molar-refractivity contribution is 5.27. The Bertz CT molecular complexity index is 390. The maximum atomic E-state index is 13.0. The zero-order valence-corrected chi connectivity index (χ0v) is 10.1. The molecule has 1 rings (SSSR count). The van der Waals surface area contributed by atoms with Crippen LogP contribution in [0.25, 0.3) is 0 Å². The molecule has 6 heteroatoms. The first-order valence-corrected chi connectivity index (χ1v) is 5.51. The van der Waals surface area contributed by atoms with E-state index in [9.17, 15) is 17.6 Å². The Morgan fingerprint density at radius 1 is 1.28 bits per heavy atom. The Labute approximate surface area is 103 Å². The zero-order valence-electron chi connectivity index (χ0n) is 10.1. The third-order valence-corrected chi connectivity index (χ3v) is 2.13. The number of hydroxylamine groups is 1. The Balaban J connectivity index is 2.63. The number of nitrogens with one attached hydrogen (secondary N) is 1. The van der Waals surface area contributed by atoms with Crippen LogP contribution in [0.4, 0.5) is 17.6 Å². The van der Waals surface area contributed by atoms with Crippen molar-refractivity contribution in [3.8, 4) is 0 Å². The van der Waals surface area contributed by atoms with Gasteiger partial charge >= 0.3 is 6.18 Å². The normalized spacial score (nSPS) is 12.2. The highest BCUT2D eigenvalue weighted by atomic mass is 19.4. The summed E-state index contributed by atoms with van der Waals surface area (Å²) in [5.74, 6) is -0.953. The first-order chi connectivity index (χ1) is 8.30. The number of halogens is 4. The molecule has 2 nitrogen and oxygen atoms in total. The molecule has 0 heterocycles. The van der Waals surface area contributed by atoms with E-state index in [0.29, 0.717) is 18.1 Å². The molecule has 0 aliphatic rings. The second kappa shape index (κ2) is 6.15. The monoisotopic (exact) mass is 265 g/mol. The SMILES string of the molecule is CC(C)CONCc1ccc(F)c(C(F)(F)F)c1. The molecule has 0 aliphatic carbocycles. The molecule has 0 fully saturated rings. The van der Waals surface area contributed by atoms with Crippen LogP contribution in [0.1, 0.15) is 25.0 Å².